The van der Waals surface area contributed by atoms with Crippen molar-refractivity contribution in [3.63, 3.8) is 0 Å². The molecule has 0 aromatic carbocycles. The van der Waals surface area contributed by atoms with Crippen molar-refractivity contribution < 1.29 is 9.63 Å². The molecule has 1 heterocycles. The van der Waals surface area contributed by atoms with Crippen molar-refractivity contribution in [2.75, 3.05) is 19.0 Å². The van der Waals surface area contributed by atoms with E-state index in [4.69, 9.17) is 16.4 Å². The molecule has 0 radical (unpaired) electrons. The molecule has 1 aliphatic heterocycles. The van der Waals surface area contributed by atoms with E-state index >= 15 is 0 Å². The summed E-state index contributed by atoms with van der Waals surface area (Å²) in [4.78, 5) is 17.4. The molecular formula is C15H29ClN2O2. The van der Waals surface area contributed by atoms with E-state index in [1.165, 1.54) is 5.06 Å². The van der Waals surface area contributed by atoms with E-state index in [0.29, 0.717) is 19.1 Å². The third kappa shape index (κ3) is 5.58. The summed E-state index contributed by atoms with van der Waals surface area (Å²) in [6, 6.07) is 0. The van der Waals surface area contributed by atoms with Gasteiger partial charge in [-0.15, -0.1) is 11.6 Å². The van der Waals surface area contributed by atoms with E-state index in [1.54, 1.807) is 0 Å². The summed E-state index contributed by atoms with van der Waals surface area (Å²) in [6.45, 7) is 12.1. The van der Waals surface area contributed by atoms with Crippen molar-refractivity contribution in [2.24, 2.45) is 5.92 Å². The van der Waals surface area contributed by atoms with E-state index in [2.05, 4.69) is 33.0 Å². The lowest BCUT2D eigenvalue weighted by Crippen LogP contribution is -2.58. The fourth-order valence-electron chi connectivity index (χ4n) is 3.38. The van der Waals surface area contributed by atoms with Crippen molar-refractivity contribution in [1.29, 1.82) is 0 Å². The number of hydrogen-bond donors (Lipinski definition) is 1. The molecule has 1 fully saturated rings. The SMILES string of the molecule is CCCN(OCC1CC(C)(C)NC(C)(C)C1)C(=O)CCl. The zero-order valence-corrected chi connectivity index (χ0v) is 14.2. The van der Waals surface area contributed by atoms with Gasteiger partial charge in [0.25, 0.3) is 5.91 Å². The molecule has 0 aromatic heterocycles. The molecule has 1 N–H and O–H groups in total. The Morgan fingerprint density at radius 3 is 2.30 bits per heavy atom. The molecule has 5 heteroatoms. The van der Waals surface area contributed by atoms with Crippen LogP contribution in [0.4, 0.5) is 0 Å². The fourth-order valence-corrected chi connectivity index (χ4v) is 3.51. The Morgan fingerprint density at radius 1 is 1.30 bits per heavy atom. The van der Waals surface area contributed by atoms with Crippen LogP contribution in [0.1, 0.15) is 53.9 Å². The topological polar surface area (TPSA) is 41.6 Å². The van der Waals surface area contributed by atoms with Crippen molar-refractivity contribution >= 4 is 17.5 Å². The highest BCUT2D eigenvalue weighted by Crippen LogP contribution is 2.33. The van der Waals surface area contributed by atoms with Crippen molar-refractivity contribution in [2.45, 2.75) is 65.0 Å². The zero-order chi connectivity index (χ0) is 15.4. The molecule has 0 aromatic rings. The zero-order valence-electron chi connectivity index (χ0n) is 13.5. The quantitative estimate of drug-likeness (QED) is 0.606. The highest BCUT2D eigenvalue weighted by Gasteiger charge is 2.37. The molecule has 4 nitrogen and oxygen atoms in total. The number of piperidine rings is 1. The number of carbonyl (C=O) groups excluding carboxylic acids is 1. The monoisotopic (exact) mass is 304 g/mol. The van der Waals surface area contributed by atoms with Gasteiger partial charge in [-0.25, -0.2) is 5.06 Å². The Kier molecular flexibility index (Phi) is 6.29. The van der Waals surface area contributed by atoms with Crippen LogP contribution in [0.15, 0.2) is 0 Å². The molecule has 1 aliphatic rings. The van der Waals surface area contributed by atoms with Crippen LogP contribution in [0.25, 0.3) is 0 Å². The maximum absolute atomic E-state index is 11.7. The number of nitrogens with one attached hydrogen (secondary N) is 1. The number of rotatable bonds is 6. The third-order valence-corrected chi connectivity index (χ3v) is 3.79. The predicted molar refractivity (Wildman–Crippen MR) is 82.7 cm³/mol. The number of carbonyl (C=O) groups is 1. The van der Waals surface area contributed by atoms with Gasteiger partial charge >= 0.3 is 0 Å². The van der Waals surface area contributed by atoms with Crippen LogP contribution in [0.3, 0.4) is 0 Å². The Hall–Kier alpha value is -0.320. The number of hydrogen-bond acceptors (Lipinski definition) is 3. The Labute approximate surface area is 128 Å². The average Bonchev–Trinajstić information content (AvgIpc) is 2.29. The Morgan fingerprint density at radius 2 is 1.85 bits per heavy atom. The summed E-state index contributed by atoms with van der Waals surface area (Å²) in [5, 5.41) is 5.08. The second kappa shape index (κ2) is 7.10. The second-order valence-corrected chi connectivity index (χ2v) is 7.36. The third-order valence-electron chi connectivity index (χ3n) is 3.56. The normalized spacial score (nSPS) is 21.7. The minimum absolute atomic E-state index is 0.0246. The van der Waals surface area contributed by atoms with E-state index in [0.717, 1.165) is 19.3 Å². The van der Waals surface area contributed by atoms with Gasteiger partial charge in [-0.1, -0.05) is 6.92 Å². The van der Waals surface area contributed by atoms with E-state index in [-0.39, 0.29) is 22.9 Å². The van der Waals surface area contributed by atoms with E-state index < -0.39 is 0 Å². The predicted octanol–water partition coefficient (Wildman–Crippen LogP) is 2.95. The van der Waals surface area contributed by atoms with E-state index in [9.17, 15) is 4.79 Å². The largest absolute Gasteiger partial charge is 0.307 e. The lowest BCUT2D eigenvalue weighted by molar-refractivity contribution is -0.191. The first kappa shape index (κ1) is 17.7. The average molecular weight is 305 g/mol. The first-order valence-electron chi connectivity index (χ1n) is 7.47. The summed E-state index contributed by atoms with van der Waals surface area (Å²) in [7, 11) is 0. The standard InChI is InChI=1S/C15H29ClN2O2/c1-6-7-18(13(19)10-16)20-11-12-8-14(2,3)17-15(4,5)9-12/h12,17H,6-11H2,1-5H3. The maximum Gasteiger partial charge on any atom is 0.261 e. The molecule has 1 rings (SSSR count). The van der Waals surface area contributed by atoms with Crippen LogP contribution in [0.5, 0.6) is 0 Å². The summed E-state index contributed by atoms with van der Waals surface area (Å²) < 4.78 is 0. The van der Waals surface area contributed by atoms with Crippen LogP contribution in [-0.4, -0.2) is 41.1 Å². The first-order valence-corrected chi connectivity index (χ1v) is 8.01. The highest BCUT2D eigenvalue weighted by atomic mass is 35.5. The molecule has 0 unspecified atom stereocenters. The first-order chi connectivity index (χ1) is 9.19. The van der Waals surface area contributed by atoms with Gasteiger partial charge in [-0.3, -0.25) is 9.63 Å². The lowest BCUT2D eigenvalue weighted by Gasteiger charge is -2.46. The van der Waals surface area contributed by atoms with Crippen LogP contribution < -0.4 is 5.32 Å². The van der Waals surface area contributed by atoms with Crippen molar-refractivity contribution in [3.8, 4) is 0 Å². The molecule has 0 spiro atoms. The van der Waals surface area contributed by atoms with Crippen LogP contribution in [0, 0.1) is 5.92 Å². The van der Waals surface area contributed by atoms with Gasteiger partial charge in [-0.05, 0) is 52.9 Å². The summed E-state index contributed by atoms with van der Waals surface area (Å²) in [5.41, 5.74) is 0.198. The van der Waals surface area contributed by atoms with Gasteiger partial charge in [0.05, 0.1) is 6.61 Å². The summed E-state index contributed by atoms with van der Waals surface area (Å²) >= 11 is 5.61. The minimum Gasteiger partial charge on any atom is -0.307 e. The molecule has 20 heavy (non-hydrogen) atoms. The number of nitrogens with zero attached hydrogens (tertiary/aromatic N) is 1. The molecule has 0 bridgehead atoms. The smallest absolute Gasteiger partial charge is 0.261 e. The molecule has 0 atom stereocenters. The lowest BCUT2D eigenvalue weighted by atomic mass is 9.76. The number of amides is 1. The van der Waals surface area contributed by atoms with E-state index in [1.807, 2.05) is 6.92 Å². The van der Waals surface area contributed by atoms with Gasteiger partial charge in [-0.2, -0.15) is 0 Å². The fraction of sp³-hybridized carbons (Fsp3) is 0.933. The molecule has 118 valence electrons. The molecule has 1 saturated heterocycles. The maximum atomic E-state index is 11.7. The van der Waals surface area contributed by atoms with Gasteiger partial charge in [0, 0.05) is 17.6 Å². The Balaban J connectivity index is 2.56. The number of halogens is 1. The van der Waals surface area contributed by atoms with Crippen LogP contribution >= 0.6 is 11.6 Å². The summed E-state index contributed by atoms with van der Waals surface area (Å²) in [5.74, 6) is 0.271. The van der Waals surface area contributed by atoms with Gasteiger partial charge < -0.3 is 5.32 Å². The molecule has 0 saturated carbocycles. The second-order valence-electron chi connectivity index (χ2n) is 7.09. The number of hydroxylamine groups is 2. The molecular weight excluding hydrogens is 276 g/mol. The van der Waals surface area contributed by atoms with Crippen molar-refractivity contribution in [3.05, 3.63) is 0 Å². The van der Waals surface area contributed by atoms with Gasteiger partial charge in [0.1, 0.15) is 5.88 Å². The molecule has 1 amide bonds. The van der Waals surface area contributed by atoms with Crippen LogP contribution in [0.2, 0.25) is 0 Å². The number of alkyl halides is 1. The van der Waals surface area contributed by atoms with Crippen molar-refractivity contribution in [1.82, 2.24) is 10.4 Å². The van der Waals surface area contributed by atoms with Crippen LogP contribution in [-0.2, 0) is 9.63 Å². The highest BCUT2D eigenvalue weighted by molar-refractivity contribution is 6.27. The summed E-state index contributed by atoms with van der Waals surface area (Å²) in [6.07, 6.45) is 2.96. The van der Waals surface area contributed by atoms with Gasteiger partial charge in [0.15, 0.2) is 0 Å². The Bertz CT molecular complexity index is 316. The molecule has 0 aliphatic carbocycles. The van der Waals surface area contributed by atoms with Gasteiger partial charge in [0.2, 0.25) is 0 Å². The minimum atomic E-state index is -0.152.